The summed E-state index contributed by atoms with van der Waals surface area (Å²) < 4.78 is 13.6. The fourth-order valence-corrected chi connectivity index (χ4v) is 3.52. The Morgan fingerprint density at radius 2 is 2.10 bits per heavy atom. The predicted molar refractivity (Wildman–Crippen MR) is 84.1 cm³/mol. The minimum absolute atomic E-state index is 0.0673. The van der Waals surface area contributed by atoms with Gasteiger partial charge in [0.1, 0.15) is 5.82 Å². The molecule has 1 spiro atoms. The average molecular weight is 290 g/mol. The van der Waals surface area contributed by atoms with Crippen LogP contribution in [-0.2, 0) is 0 Å². The van der Waals surface area contributed by atoms with E-state index in [4.69, 9.17) is 5.73 Å². The van der Waals surface area contributed by atoms with Crippen LogP contribution in [0, 0.1) is 5.82 Å². The van der Waals surface area contributed by atoms with Crippen LogP contribution in [0.5, 0.6) is 0 Å². The first-order valence-corrected chi connectivity index (χ1v) is 7.73. The number of nitrogens with two attached hydrogens (primary N) is 1. The van der Waals surface area contributed by atoms with Crippen LogP contribution in [0.25, 0.3) is 0 Å². The van der Waals surface area contributed by atoms with Crippen molar-refractivity contribution in [3.63, 3.8) is 0 Å². The highest BCUT2D eigenvalue weighted by Gasteiger charge is 2.45. The molecule has 2 aliphatic heterocycles. The molecule has 2 aliphatic rings. The van der Waals surface area contributed by atoms with Crippen LogP contribution in [0.1, 0.15) is 26.2 Å². The molecule has 1 aromatic rings. The van der Waals surface area contributed by atoms with Gasteiger partial charge in [0.2, 0.25) is 0 Å². The van der Waals surface area contributed by atoms with Gasteiger partial charge >= 0.3 is 0 Å². The summed E-state index contributed by atoms with van der Waals surface area (Å²) >= 11 is 0. The van der Waals surface area contributed by atoms with E-state index in [0.29, 0.717) is 5.96 Å². The Labute approximate surface area is 125 Å². The van der Waals surface area contributed by atoms with Gasteiger partial charge in [-0.1, -0.05) is 13.0 Å². The Kier molecular flexibility index (Phi) is 3.85. The molecule has 3 rings (SSSR count). The molecular weight excluding hydrogens is 267 g/mol. The second-order valence-electron chi connectivity index (χ2n) is 6.06. The van der Waals surface area contributed by atoms with E-state index >= 15 is 0 Å². The molecular formula is C16H23FN4. The van der Waals surface area contributed by atoms with Crippen molar-refractivity contribution in [1.29, 1.82) is 0 Å². The highest BCUT2D eigenvalue weighted by molar-refractivity contribution is 5.98. The molecule has 0 amide bonds. The van der Waals surface area contributed by atoms with Crippen molar-refractivity contribution in [2.45, 2.75) is 31.7 Å². The molecule has 2 heterocycles. The van der Waals surface area contributed by atoms with Crippen LogP contribution < -0.4 is 10.6 Å². The molecule has 1 aromatic carbocycles. The molecule has 0 atom stereocenters. The van der Waals surface area contributed by atoms with Gasteiger partial charge < -0.3 is 15.5 Å². The molecule has 5 heteroatoms. The fraction of sp³-hybridized carbons (Fsp3) is 0.562. The van der Waals surface area contributed by atoms with Crippen molar-refractivity contribution < 1.29 is 4.39 Å². The molecule has 21 heavy (non-hydrogen) atoms. The largest absolute Gasteiger partial charge is 0.369 e. The Balaban J connectivity index is 1.83. The van der Waals surface area contributed by atoms with E-state index in [0.717, 1.165) is 44.7 Å². The van der Waals surface area contributed by atoms with Gasteiger partial charge in [-0.15, -0.1) is 0 Å². The zero-order valence-electron chi connectivity index (χ0n) is 12.6. The van der Waals surface area contributed by atoms with E-state index in [2.05, 4.69) is 21.7 Å². The topological polar surface area (TPSA) is 44.9 Å². The summed E-state index contributed by atoms with van der Waals surface area (Å²) in [6, 6.07) is 6.66. The van der Waals surface area contributed by atoms with E-state index in [9.17, 15) is 4.39 Å². The van der Waals surface area contributed by atoms with Crippen LogP contribution in [-0.4, -0.2) is 42.6 Å². The number of guanidine groups is 1. The molecule has 0 aliphatic carbocycles. The van der Waals surface area contributed by atoms with Gasteiger partial charge in [0, 0.05) is 18.8 Å². The molecule has 0 unspecified atom stereocenters. The molecule has 1 saturated heterocycles. The van der Waals surface area contributed by atoms with Crippen LogP contribution >= 0.6 is 0 Å². The predicted octanol–water partition coefficient (Wildman–Crippen LogP) is 2.21. The van der Waals surface area contributed by atoms with Crippen LogP contribution in [0.15, 0.2) is 29.3 Å². The van der Waals surface area contributed by atoms with Crippen molar-refractivity contribution in [3.8, 4) is 0 Å². The third-order valence-electron chi connectivity index (χ3n) is 4.63. The van der Waals surface area contributed by atoms with Crippen molar-refractivity contribution in [1.82, 2.24) is 4.90 Å². The number of anilines is 1. The number of nitrogens with zero attached hydrogens (tertiary/aromatic N) is 3. The Bertz CT molecular complexity index is 535. The first kappa shape index (κ1) is 14.3. The molecule has 4 nitrogen and oxygen atoms in total. The number of rotatable bonds is 3. The zero-order chi connectivity index (χ0) is 14.9. The van der Waals surface area contributed by atoms with E-state index in [1.165, 1.54) is 12.5 Å². The fourth-order valence-electron chi connectivity index (χ4n) is 3.52. The van der Waals surface area contributed by atoms with Crippen molar-refractivity contribution >= 4 is 11.6 Å². The smallest absolute Gasteiger partial charge is 0.196 e. The lowest BCUT2D eigenvalue weighted by Crippen LogP contribution is -2.57. The average Bonchev–Trinajstić information content (AvgIpc) is 2.79. The third kappa shape index (κ3) is 2.62. The van der Waals surface area contributed by atoms with Gasteiger partial charge in [-0.05, 0) is 44.0 Å². The number of hydrogen-bond acceptors (Lipinski definition) is 4. The number of piperidine rings is 1. The van der Waals surface area contributed by atoms with Gasteiger partial charge in [0.15, 0.2) is 5.96 Å². The Hall–Kier alpha value is -1.62. The van der Waals surface area contributed by atoms with Crippen molar-refractivity contribution in [2.75, 3.05) is 31.1 Å². The summed E-state index contributed by atoms with van der Waals surface area (Å²) in [4.78, 5) is 9.00. The summed E-state index contributed by atoms with van der Waals surface area (Å²) in [5.74, 6) is 0.287. The van der Waals surface area contributed by atoms with E-state index in [-0.39, 0.29) is 11.4 Å². The lowest BCUT2D eigenvalue weighted by molar-refractivity contribution is 0.171. The van der Waals surface area contributed by atoms with E-state index in [1.54, 1.807) is 12.1 Å². The summed E-state index contributed by atoms with van der Waals surface area (Å²) in [5, 5.41) is 0. The lowest BCUT2D eigenvalue weighted by atomic mass is 9.86. The molecule has 114 valence electrons. The molecule has 2 N–H and O–H groups in total. The highest BCUT2D eigenvalue weighted by atomic mass is 19.1. The van der Waals surface area contributed by atoms with Crippen molar-refractivity contribution in [3.05, 3.63) is 30.1 Å². The van der Waals surface area contributed by atoms with Crippen LogP contribution in [0.2, 0.25) is 0 Å². The summed E-state index contributed by atoms with van der Waals surface area (Å²) in [5.41, 5.74) is 6.85. The minimum atomic E-state index is -0.231. The maximum atomic E-state index is 13.6. The SMILES string of the molecule is CCCN1CCC2(CC1)CN=C(N)N2c1cccc(F)c1. The lowest BCUT2D eigenvalue weighted by Gasteiger charge is -2.45. The van der Waals surface area contributed by atoms with Crippen molar-refractivity contribution in [2.24, 2.45) is 10.7 Å². The Morgan fingerprint density at radius 3 is 2.76 bits per heavy atom. The standard InChI is InChI=1S/C16H23FN4/c1-2-8-20-9-6-16(7-10-20)12-19-15(18)21(16)14-5-3-4-13(17)11-14/h3-5,11H,2,6-10,12H2,1H3,(H2,18,19). The van der Waals surface area contributed by atoms with Gasteiger partial charge in [0.05, 0.1) is 12.1 Å². The second-order valence-corrected chi connectivity index (χ2v) is 6.06. The summed E-state index contributed by atoms with van der Waals surface area (Å²) in [6.45, 7) is 6.19. The van der Waals surface area contributed by atoms with Crippen LogP contribution in [0.4, 0.5) is 10.1 Å². The molecule has 0 saturated carbocycles. The maximum absolute atomic E-state index is 13.6. The molecule has 0 aromatic heterocycles. The number of likely N-dealkylation sites (tertiary alicyclic amines) is 1. The normalized spacial score (nSPS) is 21.8. The quantitative estimate of drug-likeness (QED) is 0.928. The van der Waals surface area contributed by atoms with E-state index in [1.807, 2.05) is 6.07 Å². The first-order chi connectivity index (χ1) is 10.1. The second kappa shape index (κ2) is 5.64. The van der Waals surface area contributed by atoms with Gasteiger partial charge in [-0.2, -0.15) is 0 Å². The zero-order valence-corrected chi connectivity index (χ0v) is 12.6. The van der Waals surface area contributed by atoms with E-state index < -0.39 is 0 Å². The maximum Gasteiger partial charge on any atom is 0.196 e. The van der Waals surface area contributed by atoms with Gasteiger partial charge in [-0.25, -0.2) is 4.39 Å². The molecule has 0 bridgehead atoms. The number of benzene rings is 1. The number of halogens is 1. The van der Waals surface area contributed by atoms with Gasteiger partial charge in [0.25, 0.3) is 0 Å². The summed E-state index contributed by atoms with van der Waals surface area (Å²) in [6.07, 6.45) is 3.22. The highest BCUT2D eigenvalue weighted by Crippen LogP contribution is 2.36. The minimum Gasteiger partial charge on any atom is -0.369 e. The number of hydrogen-bond donors (Lipinski definition) is 1. The number of aliphatic imine (C=N–C) groups is 1. The Morgan fingerprint density at radius 1 is 1.33 bits per heavy atom. The van der Waals surface area contributed by atoms with Crippen LogP contribution in [0.3, 0.4) is 0 Å². The third-order valence-corrected chi connectivity index (χ3v) is 4.63. The molecule has 1 fully saturated rings. The molecule has 0 radical (unpaired) electrons. The monoisotopic (exact) mass is 290 g/mol. The van der Waals surface area contributed by atoms with Gasteiger partial charge in [-0.3, -0.25) is 4.99 Å². The summed E-state index contributed by atoms with van der Waals surface area (Å²) in [7, 11) is 0. The first-order valence-electron chi connectivity index (χ1n) is 7.73.